The molecular formula is C14H18ClIN2O. The predicted molar refractivity (Wildman–Crippen MR) is 86.8 cm³/mol. The molecule has 0 atom stereocenters. The molecule has 0 bridgehead atoms. The van der Waals surface area contributed by atoms with Crippen LogP contribution in [0.5, 0.6) is 0 Å². The molecule has 0 aliphatic heterocycles. The third-order valence-corrected chi connectivity index (χ3v) is 5.56. The molecule has 1 saturated carbocycles. The van der Waals surface area contributed by atoms with E-state index >= 15 is 0 Å². The van der Waals surface area contributed by atoms with Gasteiger partial charge in [0.15, 0.2) is 0 Å². The van der Waals surface area contributed by atoms with Gasteiger partial charge < -0.3 is 10.2 Å². The van der Waals surface area contributed by atoms with Gasteiger partial charge in [-0.2, -0.15) is 0 Å². The van der Waals surface area contributed by atoms with Crippen LogP contribution in [0.25, 0.3) is 0 Å². The number of carbonyl (C=O) groups is 1. The Morgan fingerprint density at radius 1 is 1.47 bits per heavy atom. The third kappa shape index (κ3) is 3.23. The second kappa shape index (κ2) is 5.97. The van der Waals surface area contributed by atoms with E-state index < -0.39 is 0 Å². The van der Waals surface area contributed by atoms with Crippen molar-refractivity contribution >= 4 is 40.1 Å². The number of amides is 1. The molecule has 3 nitrogen and oxygen atoms in total. The molecule has 0 saturated heterocycles. The molecule has 2 rings (SSSR count). The van der Waals surface area contributed by atoms with Crippen molar-refractivity contribution in [2.45, 2.75) is 24.8 Å². The number of halogens is 2. The van der Waals surface area contributed by atoms with Gasteiger partial charge in [-0.05, 0) is 74.1 Å². The first kappa shape index (κ1) is 15.1. The Bertz CT molecular complexity index is 486. The first-order valence-electron chi connectivity index (χ1n) is 6.35. The molecule has 0 heterocycles. The van der Waals surface area contributed by atoms with Crippen LogP contribution in [0.15, 0.2) is 18.2 Å². The van der Waals surface area contributed by atoms with Gasteiger partial charge in [-0.3, -0.25) is 4.79 Å². The first-order chi connectivity index (χ1) is 8.94. The Morgan fingerprint density at radius 2 is 2.16 bits per heavy atom. The molecule has 0 spiro atoms. The third-order valence-electron chi connectivity index (χ3n) is 3.99. The molecule has 1 amide bonds. The number of nitrogens with one attached hydrogen (secondary N) is 1. The normalized spacial score (nSPS) is 17.1. The lowest BCUT2D eigenvalue weighted by atomic mass is 9.75. The Labute approximate surface area is 132 Å². The number of carbonyl (C=O) groups excluding carboxylic acids is 1. The quantitative estimate of drug-likeness (QED) is 0.798. The zero-order valence-electron chi connectivity index (χ0n) is 11.2. The van der Waals surface area contributed by atoms with Gasteiger partial charge in [0, 0.05) is 21.2 Å². The standard InChI is InChI=1S/C14H18ClIN2O/c1-18(2)14(6-3-7-14)9-17-13(19)10-4-5-12(16)11(15)8-10/h4-5,8H,3,6-7,9H2,1-2H3,(H,17,19). The van der Waals surface area contributed by atoms with E-state index in [9.17, 15) is 4.79 Å². The van der Waals surface area contributed by atoms with Crippen molar-refractivity contribution in [1.29, 1.82) is 0 Å². The fourth-order valence-electron chi connectivity index (χ4n) is 2.35. The summed E-state index contributed by atoms with van der Waals surface area (Å²) in [4.78, 5) is 14.3. The van der Waals surface area contributed by atoms with Crippen LogP contribution < -0.4 is 5.32 Å². The first-order valence-corrected chi connectivity index (χ1v) is 7.81. The number of benzene rings is 1. The van der Waals surface area contributed by atoms with E-state index in [1.165, 1.54) is 6.42 Å². The van der Waals surface area contributed by atoms with Crippen LogP contribution in [0.3, 0.4) is 0 Å². The Kier molecular flexibility index (Phi) is 4.74. The van der Waals surface area contributed by atoms with Crippen LogP contribution in [0.1, 0.15) is 29.6 Å². The maximum absolute atomic E-state index is 12.1. The number of rotatable bonds is 4. The Balaban J connectivity index is 1.99. The van der Waals surface area contributed by atoms with Crippen molar-refractivity contribution in [1.82, 2.24) is 10.2 Å². The monoisotopic (exact) mass is 392 g/mol. The molecule has 0 unspecified atom stereocenters. The lowest BCUT2D eigenvalue weighted by molar-refractivity contribution is 0.0557. The van der Waals surface area contributed by atoms with Crippen LogP contribution >= 0.6 is 34.2 Å². The van der Waals surface area contributed by atoms with Gasteiger partial charge in [0.1, 0.15) is 0 Å². The predicted octanol–water partition coefficient (Wildman–Crippen LogP) is 3.16. The molecule has 5 heteroatoms. The van der Waals surface area contributed by atoms with Crippen molar-refractivity contribution in [3.8, 4) is 0 Å². The van der Waals surface area contributed by atoms with Crippen LogP contribution in [0.2, 0.25) is 5.02 Å². The minimum absolute atomic E-state index is 0.0496. The van der Waals surface area contributed by atoms with Crippen molar-refractivity contribution in [2.75, 3.05) is 20.6 Å². The summed E-state index contributed by atoms with van der Waals surface area (Å²) in [5.74, 6) is -0.0496. The maximum Gasteiger partial charge on any atom is 0.251 e. The summed E-state index contributed by atoms with van der Waals surface area (Å²) in [6.45, 7) is 0.697. The van der Waals surface area contributed by atoms with Crippen LogP contribution in [0, 0.1) is 3.57 Å². The lowest BCUT2D eigenvalue weighted by Gasteiger charge is -2.47. The maximum atomic E-state index is 12.1. The number of hydrogen-bond acceptors (Lipinski definition) is 2. The Hall–Kier alpha value is -0.330. The second-order valence-corrected chi connectivity index (χ2v) is 6.85. The number of likely N-dealkylation sites (N-methyl/N-ethyl adjacent to an activating group) is 1. The number of nitrogens with zero attached hydrogens (tertiary/aromatic N) is 1. The highest BCUT2D eigenvalue weighted by molar-refractivity contribution is 14.1. The number of hydrogen-bond donors (Lipinski definition) is 1. The van der Waals surface area contributed by atoms with E-state index in [-0.39, 0.29) is 11.4 Å². The zero-order chi connectivity index (χ0) is 14.0. The SMILES string of the molecule is CN(C)C1(CNC(=O)c2ccc(I)c(Cl)c2)CCC1. The van der Waals surface area contributed by atoms with Crippen LogP contribution in [0.4, 0.5) is 0 Å². The summed E-state index contributed by atoms with van der Waals surface area (Å²) in [5.41, 5.74) is 0.765. The van der Waals surface area contributed by atoms with E-state index in [1.54, 1.807) is 6.07 Å². The fraction of sp³-hybridized carbons (Fsp3) is 0.500. The highest BCUT2D eigenvalue weighted by Gasteiger charge is 2.39. The summed E-state index contributed by atoms with van der Waals surface area (Å²) in [7, 11) is 4.15. The molecule has 19 heavy (non-hydrogen) atoms. The van der Waals surface area contributed by atoms with Gasteiger partial charge in [0.25, 0.3) is 5.91 Å². The van der Waals surface area contributed by atoms with Gasteiger partial charge in [0.2, 0.25) is 0 Å². The van der Waals surface area contributed by atoms with E-state index in [0.29, 0.717) is 17.1 Å². The Morgan fingerprint density at radius 3 is 2.63 bits per heavy atom. The van der Waals surface area contributed by atoms with E-state index in [4.69, 9.17) is 11.6 Å². The molecule has 104 valence electrons. The second-order valence-electron chi connectivity index (χ2n) is 5.28. The highest BCUT2D eigenvalue weighted by Crippen LogP contribution is 2.35. The minimum Gasteiger partial charge on any atom is -0.350 e. The summed E-state index contributed by atoms with van der Waals surface area (Å²) in [5, 5.41) is 3.65. The van der Waals surface area contributed by atoms with Gasteiger partial charge in [-0.1, -0.05) is 11.6 Å². The molecule has 1 N–H and O–H groups in total. The molecule has 0 radical (unpaired) electrons. The summed E-state index contributed by atoms with van der Waals surface area (Å²) in [6, 6.07) is 5.40. The smallest absolute Gasteiger partial charge is 0.251 e. The molecule has 0 aromatic heterocycles. The van der Waals surface area contributed by atoms with Crippen molar-refractivity contribution in [3.05, 3.63) is 32.4 Å². The molecule has 1 aromatic carbocycles. The van der Waals surface area contributed by atoms with Gasteiger partial charge >= 0.3 is 0 Å². The molecule has 1 aromatic rings. The fourth-order valence-corrected chi connectivity index (χ4v) is 2.87. The van der Waals surface area contributed by atoms with Crippen molar-refractivity contribution < 1.29 is 4.79 Å². The summed E-state index contributed by atoms with van der Waals surface area (Å²) >= 11 is 8.19. The topological polar surface area (TPSA) is 32.3 Å². The summed E-state index contributed by atoms with van der Waals surface area (Å²) in [6.07, 6.45) is 3.53. The average molecular weight is 393 g/mol. The van der Waals surface area contributed by atoms with Crippen molar-refractivity contribution in [2.24, 2.45) is 0 Å². The molecular weight excluding hydrogens is 375 g/mol. The zero-order valence-corrected chi connectivity index (χ0v) is 14.1. The van der Waals surface area contributed by atoms with Gasteiger partial charge in [-0.25, -0.2) is 0 Å². The van der Waals surface area contributed by atoms with E-state index in [0.717, 1.165) is 16.4 Å². The van der Waals surface area contributed by atoms with Crippen LogP contribution in [-0.2, 0) is 0 Å². The largest absolute Gasteiger partial charge is 0.350 e. The van der Waals surface area contributed by atoms with E-state index in [2.05, 4.69) is 46.9 Å². The van der Waals surface area contributed by atoms with Crippen LogP contribution in [-0.4, -0.2) is 37.0 Å². The molecule has 1 fully saturated rings. The minimum atomic E-state index is -0.0496. The lowest BCUT2D eigenvalue weighted by Crippen LogP contribution is -2.57. The molecule has 1 aliphatic rings. The van der Waals surface area contributed by atoms with Gasteiger partial charge in [-0.15, -0.1) is 0 Å². The average Bonchev–Trinajstić information content (AvgIpc) is 2.30. The molecule has 1 aliphatic carbocycles. The van der Waals surface area contributed by atoms with E-state index in [1.807, 2.05) is 12.1 Å². The highest BCUT2D eigenvalue weighted by atomic mass is 127. The van der Waals surface area contributed by atoms with Crippen molar-refractivity contribution in [3.63, 3.8) is 0 Å². The summed E-state index contributed by atoms with van der Waals surface area (Å²) < 4.78 is 0.958. The van der Waals surface area contributed by atoms with Gasteiger partial charge in [0.05, 0.1) is 5.02 Å².